The van der Waals surface area contributed by atoms with Gasteiger partial charge in [-0.25, -0.2) is 4.79 Å². The number of benzene rings is 1. The number of unbranched alkanes of at least 4 members (excludes halogenated alkanes) is 1. The van der Waals surface area contributed by atoms with Crippen molar-refractivity contribution in [2.75, 3.05) is 13.7 Å². The number of epoxide rings is 1. The van der Waals surface area contributed by atoms with Crippen molar-refractivity contribution in [3.8, 4) is 5.75 Å². The maximum atomic E-state index is 11.6. The standard InChI is InChI=1S/C14H18O4/c1-3-4-9-17-14(15)13-12(18-13)10-5-7-11(16-2)8-6-10/h5-8,12-13H,3-4,9H2,1-2H3/t12-,13-/m0/s1. The van der Waals surface area contributed by atoms with Gasteiger partial charge in [0.15, 0.2) is 6.10 Å². The maximum absolute atomic E-state index is 11.6. The van der Waals surface area contributed by atoms with Crippen LogP contribution in [0.4, 0.5) is 0 Å². The zero-order valence-corrected chi connectivity index (χ0v) is 10.7. The molecule has 2 rings (SSSR count). The molecule has 18 heavy (non-hydrogen) atoms. The summed E-state index contributed by atoms with van der Waals surface area (Å²) < 4.78 is 15.5. The van der Waals surface area contributed by atoms with Crippen molar-refractivity contribution in [3.05, 3.63) is 29.8 Å². The van der Waals surface area contributed by atoms with Crippen LogP contribution in [-0.2, 0) is 14.3 Å². The second-order valence-corrected chi connectivity index (χ2v) is 4.27. The van der Waals surface area contributed by atoms with Crippen LogP contribution in [0.25, 0.3) is 0 Å². The fourth-order valence-corrected chi connectivity index (χ4v) is 1.74. The van der Waals surface area contributed by atoms with Crippen LogP contribution >= 0.6 is 0 Å². The van der Waals surface area contributed by atoms with Gasteiger partial charge in [0.05, 0.1) is 13.7 Å². The van der Waals surface area contributed by atoms with Crippen LogP contribution in [-0.4, -0.2) is 25.8 Å². The lowest BCUT2D eigenvalue weighted by molar-refractivity contribution is -0.145. The Kier molecular flexibility index (Phi) is 4.20. The van der Waals surface area contributed by atoms with Crippen LogP contribution in [0.2, 0.25) is 0 Å². The maximum Gasteiger partial charge on any atom is 0.338 e. The van der Waals surface area contributed by atoms with E-state index in [1.807, 2.05) is 24.3 Å². The van der Waals surface area contributed by atoms with Gasteiger partial charge in [0, 0.05) is 0 Å². The van der Waals surface area contributed by atoms with Crippen LogP contribution in [0.1, 0.15) is 31.4 Å². The normalized spacial score (nSPS) is 21.4. The second kappa shape index (κ2) is 5.87. The van der Waals surface area contributed by atoms with E-state index in [1.54, 1.807) is 7.11 Å². The third kappa shape index (κ3) is 3.01. The molecule has 1 heterocycles. The van der Waals surface area contributed by atoms with Gasteiger partial charge >= 0.3 is 5.97 Å². The minimum absolute atomic E-state index is 0.162. The molecule has 1 aromatic carbocycles. The molecule has 0 bridgehead atoms. The molecule has 1 aliphatic heterocycles. The Bertz CT molecular complexity index is 399. The number of hydrogen-bond acceptors (Lipinski definition) is 4. The highest BCUT2D eigenvalue weighted by molar-refractivity contribution is 5.78. The average molecular weight is 250 g/mol. The summed E-state index contributed by atoms with van der Waals surface area (Å²) in [4.78, 5) is 11.6. The Morgan fingerprint density at radius 1 is 1.33 bits per heavy atom. The van der Waals surface area contributed by atoms with E-state index in [4.69, 9.17) is 14.2 Å². The first-order chi connectivity index (χ1) is 8.76. The van der Waals surface area contributed by atoms with Gasteiger partial charge in [-0.1, -0.05) is 25.5 Å². The second-order valence-electron chi connectivity index (χ2n) is 4.27. The third-order valence-electron chi connectivity index (χ3n) is 2.91. The van der Waals surface area contributed by atoms with Gasteiger partial charge in [-0.15, -0.1) is 0 Å². The molecule has 1 saturated heterocycles. The number of carbonyl (C=O) groups excluding carboxylic acids is 1. The first-order valence-corrected chi connectivity index (χ1v) is 6.22. The molecule has 0 radical (unpaired) electrons. The number of rotatable bonds is 6. The first-order valence-electron chi connectivity index (χ1n) is 6.22. The lowest BCUT2D eigenvalue weighted by atomic mass is 10.1. The largest absolute Gasteiger partial charge is 0.497 e. The van der Waals surface area contributed by atoms with Crippen LogP contribution in [0.15, 0.2) is 24.3 Å². The summed E-state index contributed by atoms with van der Waals surface area (Å²) in [6, 6.07) is 7.53. The van der Waals surface area contributed by atoms with E-state index < -0.39 is 6.10 Å². The molecule has 1 fully saturated rings. The molecule has 1 aliphatic rings. The van der Waals surface area contributed by atoms with Crippen LogP contribution < -0.4 is 4.74 Å². The van der Waals surface area contributed by atoms with Crippen LogP contribution in [0.3, 0.4) is 0 Å². The third-order valence-corrected chi connectivity index (χ3v) is 2.91. The molecule has 2 atom stereocenters. The van der Waals surface area contributed by atoms with Crippen molar-refractivity contribution >= 4 is 5.97 Å². The first kappa shape index (κ1) is 12.9. The van der Waals surface area contributed by atoms with Gasteiger partial charge in [0.1, 0.15) is 11.9 Å². The molecule has 0 unspecified atom stereocenters. The number of methoxy groups -OCH3 is 1. The topological polar surface area (TPSA) is 48.1 Å². The van der Waals surface area contributed by atoms with Crippen molar-refractivity contribution in [1.29, 1.82) is 0 Å². The highest BCUT2D eigenvalue weighted by Crippen LogP contribution is 2.39. The van der Waals surface area contributed by atoms with Crippen LogP contribution in [0, 0.1) is 0 Å². The summed E-state index contributed by atoms with van der Waals surface area (Å²) in [5, 5.41) is 0. The molecule has 0 saturated carbocycles. The van der Waals surface area contributed by atoms with Crippen molar-refractivity contribution in [2.45, 2.75) is 32.0 Å². The molecule has 4 nitrogen and oxygen atoms in total. The van der Waals surface area contributed by atoms with Gasteiger partial charge < -0.3 is 14.2 Å². The summed E-state index contributed by atoms with van der Waals surface area (Å²) in [7, 11) is 1.62. The molecule has 1 aromatic rings. The van der Waals surface area contributed by atoms with E-state index in [-0.39, 0.29) is 12.1 Å². The summed E-state index contributed by atoms with van der Waals surface area (Å²) in [6.07, 6.45) is 1.31. The van der Waals surface area contributed by atoms with Crippen LogP contribution in [0.5, 0.6) is 5.75 Å². The molecular weight excluding hydrogens is 232 g/mol. The number of esters is 1. The van der Waals surface area contributed by atoms with Gasteiger partial charge in [-0.05, 0) is 24.1 Å². The predicted octanol–water partition coefficient (Wildman–Crippen LogP) is 2.48. The summed E-state index contributed by atoms with van der Waals surface area (Å²) in [6.45, 7) is 2.53. The van der Waals surface area contributed by atoms with Crippen molar-refractivity contribution in [1.82, 2.24) is 0 Å². The van der Waals surface area contributed by atoms with Gasteiger partial charge in [-0.3, -0.25) is 0 Å². The van der Waals surface area contributed by atoms with Gasteiger partial charge in [0.25, 0.3) is 0 Å². The van der Waals surface area contributed by atoms with E-state index in [2.05, 4.69) is 6.92 Å². The fourth-order valence-electron chi connectivity index (χ4n) is 1.74. The smallest absolute Gasteiger partial charge is 0.338 e. The van der Waals surface area contributed by atoms with Gasteiger partial charge in [0.2, 0.25) is 0 Å². The van der Waals surface area contributed by atoms with E-state index in [0.29, 0.717) is 6.61 Å². The lowest BCUT2D eigenvalue weighted by Crippen LogP contribution is -2.13. The molecule has 4 heteroatoms. The summed E-state index contributed by atoms with van der Waals surface area (Å²) in [5.41, 5.74) is 0.980. The van der Waals surface area contributed by atoms with E-state index in [9.17, 15) is 4.79 Å². The Balaban J connectivity index is 1.84. The molecule has 98 valence electrons. The van der Waals surface area contributed by atoms with Crippen molar-refractivity contribution < 1.29 is 19.0 Å². The molecule has 0 aromatic heterocycles. The minimum atomic E-state index is -0.435. The van der Waals surface area contributed by atoms with E-state index >= 15 is 0 Å². The highest BCUT2D eigenvalue weighted by atomic mass is 16.6. The van der Waals surface area contributed by atoms with Crippen molar-refractivity contribution in [2.24, 2.45) is 0 Å². The molecule has 0 N–H and O–H groups in total. The lowest BCUT2D eigenvalue weighted by Gasteiger charge is -2.01. The van der Waals surface area contributed by atoms with E-state index in [0.717, 1.165) is 24.2 Å². The SMILES string of the molecule is CCCCOC(=O)[C@H]1O[C@H]1c1ccc(OC)cc1. The molecule has 0 amide bonds. The monoisotopic (exact) mass is 250 g/mol. The Morgan fingerprint density at radius 2 is 2.06 bits per heavy atom. The Hall–Kier alpha value is -1.55. The molecule has 0 spiro atoms. The minimum Gasteiger partial charge on any atom is -0.497 e. The molecular formula is C14H18O4. The predicted molar refractivity (Wildman–Crippen MR) is 66.5 cm³/mol. The Labute approximate surface area is 107 Å². The van der Waals surface area contributed by atoms with E-state index in [1.165, 1.54) is 0 Å². The van der Waals surface area contributed by atoms with Gasteiger partial charge in [-0.2, -0.15) is 0 Å². The quantitative estimate of drug-likeness (QED) is 0.442. The average Bonchev–Trinajstić information content (AvgIpc) is 3.19. The Morgan fingerprint density at radius 3 is 2.67 bits per heavy atom. The number of ether oxygens (including phenoxy) is 3. The zero-order valence-electron chi connectivity index (χ0n) is 10.7. The zero-order chi connectivity index (χ0) is 13.0. The fraction of sp³-hybridized carbons (Fsp3) is 0.500. The van der Waals surface area contributed by atoms with Crippen molar-refractivity contribution in [3.63, 3.8) is 0 Å². The summed E-state index contributed by atoms with van der Waals surface area (Å²) in [5.74, 6) is 0.533. The number of carbonyl (C=O) groups is 1. The highest BCUT2D eigenvalue weighted by Gasteiger charge is 2.47. The number of hydrogen-bond donors (Lipinski definition) is 0. The summed E-state index contributed by atoms with van der Waals surface area (Å²) >= 11 is 0. The molecule has 0 aliphatic carbocycles.